The summed E-state index contributed by atoms with van der Waals surface area (Å²) < 4.78 is 97.4. The van der Waals surface area contributed by atoms with Crippen molar-refractivity contribution in [3.8, 4) is 40.7 Å². The summed E-state index contributed by atoms with van der Waals surface area (Å²) >= 11 is 5.68. The number of hydrogen-bond acceptors (Lipinski definition) is 24. The third-order valence-electron chi connectivity index (χ3n) is 15.5. The van der Waals surface area contributed by atoms with Crippen LogP contribution in [-0.2, 0) is 6.42 Å². The van der Waals surface area contributed by atoms with Gasteiger partial charge < -0.3 is 41.2 Å². The van der Waals surface area contributed by atoms with E-state index in [0.29, 0.717) is 57.3 Å². The van der Waals surface area contributed by atoms with Crippen molar-refractivity contribution >= 4 is 108 Å². The molecule has 0 atom stereocenters. The standard InChI is InChI=1S/C19H16F2N6O.C18H14F2N6O.C18H16N6O.C17H12ClF2N7/c1-2-16-24-14-5-3-4-6-15(14)27(16)17-11-22-26-19(25-17)23-12-7-9-13(10-8-12)28-18(20)21;1-11-22-14-4-2-3-5-15(14)26(11)16-10-21-25-18(24-16)23-12-6-8-13(9-7-12)27-17(19)20;1-12-20-15-5-3-4-6-16(15)24(12)17-11-19-23-18(22-17)21-13-7-9-14(25-2)10-8-13;1-8-22-13-5-2-9(19)6-14(13)27(8)17-25-15(21)24-16(26-17)23-10-3-4-11(18)12(20)7-10/h3-11,18H,2H2,1H3,(H,23,25,26);2-10,17H,1H3,(H,23,24,25);3-11H,1-2H3,(H,21,22,23);2-7H,1H3,(H3,21,23,24,25,26). The molecule has 16 aromatic rings. The first-order chi connectivity index (χ1) is 51.9. The lowest BCUT2D eigenvalue weighted by molar-refractivity contribution is -0.0505. The van der Waals surface area contributed by atoms with Gasteiger partial charge in [-0.05, 0) is 160 Å². The first-order valence-electron chi connectivity index (χ1n) is 32.3. The van der Waals surface area contributed by atoms with Crippen LogP contribution < -0.4 is 41.2 Å². The Hall–Kier alpha value is -14.1. The van der Waals surface area contributed by atoms with Gasteiger partial charge in [-0.15, -0.1) is 15.3 Å². The van der Waals surface area contributed by atoms with Gasteiger partial charge in [0.1, 0.15) is 52.2 Å². The number of imidazole rings is 4. The second-order valence-corrected chi connectivity index (χ2v) is 23.1. The van der Waals surface area contributed by atoms with Gasteiger partial charge in [0.25, 0.3) is 0 Å². The number of aryl methyl sites for hydroxylation is 4. The molecular formula is C72H58ClF6N25O3. The Bertz CT molecular complexity index is 5800. The molecule has 0 aliphatic rings. The molecule has 28 nitrogen and oxygen atoms in total. The fourth-order valence-corrected chi connectivity index (χ4v) is 11.1. The van der Waals surface area contributed by atoms with Gasteiger partial charge in [0.2, 0.25) is 35.7 Å². The van der Waals surface area contributed by atoms with E-state index < -0.39 is 24.9 Å². The molecule has 16 rings (SSSR count). The summed E-state index contributed by atoms with van der Waals surface area (Å²) in [5, 5.41) is 36.1. The molecule has 8 aromatic heterocycles. The maximum Gasteiger partial charge on any atom is 0.387 e. The second-order valence-electron chi connectivity index (χ2n) is 22.7. The molecule has 6 N–H and O–H groups in total. The second kappa shape index (κ2) is 32.1. The van der Waals surface area contributed by atoms with E-state index >= 15 is 0 Å². The lowest BCUT2D eigenvalue weighted by Gasteiger charge is -2.09. The third kappa shape index (κ3) is 17.0. The summed E-state index contributed by atoms with van der Waals surface area (Å²) in [5.41, 5.74) is 14.8. The van der Waals surface area contributed by atoms with Gasteiger partial charge in [-0.1, -0.05) is 54.9 Å². The summed E-state index contributed by atoms with van der Waals surface area (Å²) in [6, 6.07) is 51.5. The van der Waals surface area contributed by atoms with Crippen LogP contribution in [0.4, 0.5) is 78.8 Å². The zero-order valence-electron chi connectivity index (χ0n) is 56.8. The Labute approximate surface area is 607 Å². The summed E-state index contributed by atoms with van der Waals surface area (Å²) in [6.07, 6.45) is 5.47. The van der Waals surface area contributed by atoms with E-state index in [1.165, 1.54) is 48.5 Å². The number of rotatable bonds is 18. The SMILES string of the molecule is CCc1nc2ccccc2n1-c1cnnc(Nc2ccc(OC(F)F)cc2)n1.COc1ccc(Nc2nncc(-n3c(C)nc4ccccc43)n2)cc1.Cc1nc2ccc(F)cc2n1-c1nc(N)nc(Nc2ccc(Cl)c(F)c2)n1.Cc1nc2ccccc2n1-c1cnnc(Nc2ccc(OC(F)F)cc2)n1. The number of nitrogens with two attached hydrogens (primary N) is 1. The number of benzene rings is 8. The number of nitrogens with one attached hydrogen (secondary N) is 4. The lowest BCUT2D eigenvalue weighted by Crippen LogP contribution is -2.10. The molecule has 538 valence electrons. The zero-order chi connectivity index (χ0) is 74.7. The van der Waals surface area contributed by atoms with E-state index in [1.807, 2.05) is 132 Å². The minimum absolute atomic E-state index is 0.000985. The van der Waals surface area contributed by atoms with Gasteiger partial charge in [-0.2, -0.15) is 62.8 Å². The number of nitrogens with zero attached hydrogens (tertiary/aromatic N) is 20. The highest BCUT2D eigenvalue weighted by molar-refractivity contribution is 6.30. The van der Waals surface area contributed by atoms with E-state index in [1.54, 1.807) is 73.6 Å². The van der Waals surface area contributed by atoms with E-state index in [0.717, 1.165) is 68.4 Å². The Morgan fingerprint density at radius 3 is 1.29 bits per heavy atom. The van der Waals surface area contributed by atoms with E-state index in [2.05, 4.69) is 111 Å². The molecule has 0 saturated carbocycles. The molecule has 0 amide bonds. The summed E-state index contributed by atoms with van der Waals surface area (Å²) in [7, 11) is 1.64. The quantitative estimate of drug-likeness (QED) is 0.0498. The van der Waals surface area contributed by atoms with Gasteiger partial charge in [0.05, 0.1) is 74.9 Å². The number of ether oxygens (including phenoxy) is 3. The molecule has 35 heteroatoms. The number of hydrogen-bond donors (Lipinski definition) is 5. The fraction of sp³-hybridized carbons (Fsp3) is 0.111. The molecule has 0 spiro atoms. The van der Waals surface area contributed by atoms with Crippen molar-refractivity contribution in [1.82, 2.24) is 98.7 Å². The minimum atomic E-state index is -2.86. The van der Waals surface area contributed by atoms with Crippen molar-refractivity contribution in [2.45, 2.75) is 47.3 Å². The summed E-state index contributed by atoms with van der Waals surface area (Å²) in [4.78, 5) is 44.1. The van der Waals surface area contributed by atoms with Crippen LogP contribution in [0.15, 0.2) is 201 Å². The number of nitrogen functional groups attached to an aromatic ring is 1. The molecular weight excluding hydrogens is 1410 g/mol. The average Bonchev–Trinajstić information content (AvgIpc) is 1.67. The number of para-hydroxylation sites is 6. The molecule has 107 heavy (non-hydrogen) atoms. The molecule has 0 bridgehead atoms. The van der Waals surface area contributed by atoms with Crippen LogP contribution >= 0.6 is 11.6 Å². The predicted octanol–water partition coefficient (Wildman–Crippen LogP) is 15.0. The van der Waals surface area contributed by atoms with Gasteiger partial charge in [0, 0.05) is 35.2 Å². The van der Waals surface area contributed by atoms with Gasteiger partial charge in [0.15, 0.2) is 17.5 Å². The number of anilines is 9. The monoisotopic (exact) mass is 1470 g/mol. The zero-order valence-corrected chi connectivity index (χ0v) is 57.6. The van der Waals surface area contributed by atoms with E-state index in [-0.39, 0.29) is 46.3 Å². The molecule has 0 aliphatic heterocycles. The van der Waals surface area contributed by atoms with Crippen LogP contribution in [0, 0.1) is 32.4 Å². The number of halogens is 7. The Morgan fingerprint density at radius 2 is 0.832 bits per heavy atom. The Morgan fingerprint density at radius 1 is 0.421 bits per heavy atom. The van der Waals surface area contributed by atoms with Gasteiger partial charge in [-0.25, -0.2) is 28.7 Å². The highest BCUT2D eigenvalue weighted by Gasteiger charge is 2.19. The van der Waals surface area contributed by atoms with Gasteiger partial charge >= 0.3 is 13.2 Å². The third-order valence-corrected chi connectivity index (χ3v) is 15.9. The molecule has 0 fully saturated rings. The largest absolute Gasteiger partial charge is 0.497 e. The smallest absolute Gasteiger partial charge is 0.387 e. The number of alkyl halides is 4. The molecule has 0 saturated heterocycles. The van der Waals surface area contributed by atoms with Crippen LogP contribution in [0.5, 0.6) is 17.2 Å². The first-order valence-corrected chi connectivity index (χ1v) is 32.6. The highest BCUT2D eigenvalue weighted by atomic mass is 35.5. The first kappa shape index (κ1) is 71.3. The Balaban J connectivity index is 0.000000126. The molecule has 8 heterocycles. The normalized spacial score (nSPS) is 11.0. The van der Waals surface area contributed by atoms with Crippen molar-refractivity contribution in [2.24, 2.45) is 0 Å². The van der Waals surface area contributed by atoms with E-state index in [9.17, 15) is 26.3 Å². The van der Waals surface area contributed by atoms with Crippen molar-refractivity contribution in [1.29, 1.82) is 0 Å². The van der Waals surface area contributed by atoms with Crippen LogP contribution in [0.1, 0.15) is 30.2 Å². The van der Waals surface area contributed by atoms with Gasteiger partial charge in [-0.3, -0.25) is 18.3 Å². The minimum Gasteiger partial charge on any atom is -0.497 e. The van der Waals surface area contributed by atoms with Crippen molar-refractivity contribution in [3.05, 3.63) is 241 Å². The Kier molecular flexibility index (Phi) is 21.4. The van der Waals surface area contributed by atoms with Crippen molar-refractivity contribution in [2.75, 3.05) is 34.1 Å². The fourth-order valence-electron chi connectivity index (χ4n) is 11.0. The topological polar surface area (TPSA) is 328 Å². The average molecular weight is 1470 g/mol. The number of fused-ring (bicyclic) bond motifs is 4. The maximum absolute atomic E-state index is 13.7. The number of aromatic nitrogens is 20. The van der Waals surface area contributed by atoms with Crippen LogP contribution in [0.25, 0.3) is 67.5 Å². The summed E-state index contributed by atoms with van der Waals surface area (Å²) in [5.74, 6) is 5.93. The van der Waals surface area contributed by atoms with E-state index in [4.69, 9.17) is 22.1 Å². The van der Waals surface area contributed by atoms with Crippen LogP contribution in [0.3, 0.4) is 0 Å². The summed E-state index contributed by atoms with van der Waals surface area (Å²) in [6.45, 7) is 1.87. The molecule has 0 radical (unpaired) electrons. The number of methoxy groups -OCH3 is 1. The van der Waals surface area contributed by atoms with Crippen molar-refractivity contribution < 1.29 is 40.6 Å². The molecule has 8 aromatic carbocycles. The molecule has 0 aliphatic carbocycles. The van der Waals surface area contributed by atoms with Crippen LogP contribution in [-0.4, -0.2) is 119 Å². The lowest BCUT2D eigenvalue weighted by atomic mass is 10.3. The maximum atomic E-state index is 13.7. The molecule has 0 unspecified atom stereocenters. The highest BCUT2D eigenvalue weighted by Crippen LogP contribution is 2.29. The van der Waals surface area contributed by atoms with Crippen molar-refractivity contribution in [3.63, 3.8) is 0 Å². The predicted molar refractivity (Wildman–Crippen MR) is 389 cm³/mol. The van der Waals surface area contributed by atoms with Crippen LogP contribution in [0.2, 0.25) is 5.02 Å².